The minimum absolute atomic E-state index is 0.203. The van der Waals surface area contributed by atoms with Gasteiger partial charge in [0.25, 0.3) is 0 Å². The van der Waals surface area contributed by atoms with Crippen molar-refractivity contribution in [3.63, 3.8) is 0 Å². The zero-order chi connectivity index (χ0) is 14.6. The van der Waals surface area contributed by atoms with Gasteiger partial charge in [0.2, 0.25) is 5.91 Å². The number of amides is 1. The Labute approximate surface area is 119 Å². The van der Waals surface area contributed by atoms with Gasteiger partial charge >= 0.3 is 0 Å². The first-order valence-corrected chi connectivity index (χ1v) is 6.82. The van der Waals surface area contributed by atoms with E-state index < -0.39 is 5.60 Å². The van der Waals surface area contributed by atoms with E-state index in [0.29, 0.717) is 13.0 Å². The maximum Gasteiger partial charge on any atom is 0.244 e. The summed E-state index contributed by atoms with van der Waals surface area (Å²) in [6.45, 7) is 5.11. The van der Waals surface area contributed by atoms with Crippen LogP contribution >= 0.6 is 0 Å². The van der Waals surface area contributed by atoms with E-state index in [-0.39, 0.29) is 19.1 Å². The Morgan fingerprint density at radius 3 is 2.95 bits per heavy atom. The summed E-state index contributed by atoms with van der Waals surface area (Å²) in [5.41, 5.74) is 2.45. The summed E-state index contributed by atoms with van der Waals surface area (Å²) in [6.07, 6.45) is 3.85. The summed E-state index contributed by atoms with van der Waals surface area (Å²) in [6, 6.07) is 6.09. The number of rotatable bonds is 4. The molecule has 1 saturated heterocycles. The molecule has 1 aromatic carbocycles. The van der Waals surface area contributed by atoms with Gasteiger partial charge in [0.15, 0.2) is 0 Å². The number of aliphatic hydroxyl groups is 1. The lowest BCUT2D eigenvalue weighted by atomic mass is 10.0. The summed E-state index contributed by atoms with van der Waals surface area (Å²) in [5.74, 6) is -0.203. The molecule has 0 aliphatic carbocycles. The van der Waals surface area contributed by atoms with Crippen molar-refractivity contribution in [2.45, 2.75) is 25.9 Å². The topological polar surface area (TPSA) is 58.6 Å². The van der Waals surface area contributed by atoms with E-state index in [1.165, 1.54) is 11.6 Å². The van der Waals surface area contributed by atoms with Crippen molar-refractivity contribution in [3.8, 4) is 0 Å². The number of benzene rings is 1. The molecule has 1 aliphatic rings. The summed E-state index contributed by atoms with van der Waals surface area (Å²) in [5, 5.41) is 12.7. The SMILES string of the molecule is Cc1ccc(/C=C/C(=O)NCC2(O)CCOC2)c(C)c1. The van der Waals surface area contributed by atoms with Crippen molar-refractivity contribution in [2.24, 2.45) is 0 Å². The van der Waals surface area contributed by atoms with Crippen LogP contribution < -0.4 is 5.32 Å². The zero-order valence-corrected chi connectivity index (χ0v) is 12.0. The maximum absolute atomic E-state index is 11.7. The minimum Gasteiger partial charge on any atom is -0.386 e. The van der Waals surface area contributed by atoms with Crippen LogP contribution in [0.2, 0.25) is 0 Å². The van der Waals surface area contributed by atoms with Crippen LogP contribution in [-0.4, -0.2) is 36.4 Å². The van der Waals surface area contributed by atoms with E-state index >= 15 is 0 Å². The summed E-state index contributed by atoms with van der Waals surface area (Å²) in [4.78, 5) is 11.7. The molecule has 20 heavy (non-hydrogen) atoms. The second-order valence-electron chi connectivity index (χ2n) is 5.44. The smallest absolute Gasteiger partial charge is 0.244 e. The average molecular weight is 275 g/mol. The first kappa shape index (κ1) is 14.8. The zero-order valence-electron chi connectivity index (χ0n) is 12.0. The second kappa shape index (κ2) is 6.20. The fourth-order valence-electron chi connectivity index (χ4n) is 2.22. The number of ether oxygens (including phenoxy) is 1. The summed E-state index contributed by atoms with van der Waals surface area (Å²) >= 11 is 0. The number of carbonyl (C=O) groups is 1. The van der Waals surface area contributed by atoms with Crippen molar-refractivity contribution < 1.29 is 14.6 Å². The lowest BCUT2D eigenvalue weighted by molar-refractivity contribution is -0.117. The molecule has 0 bridgehead atoms. The average Bonchev–Trinajstić information content (AvgIpc) is 2.83. The number of hydrogen-bond acceptors (Lipinski definition) is 3. The van der Waals surface area contributed by atoms with Crippen LogP contribution in [-0.2, 0) is 9.53 Å². The van der Waals surface area contributed by atoms with Crippen molar-refractivity contribution in [1.29, 1.82) is 0 Å². The Morgan fingerprint density at radius 1 is 1.50 bits per heavy atom. The van der Waals surface area contributed by atoms with Crippen molar-refractivity contribution in [1.82, 2.24) is 5.32 Å². The molecule has 2 rings (SSSR count). The fourth-order valence-corrected chi connectivity index (χ4v) is 2.22. The molecule has 0 spiro atoms. The van der Waals surface area contributed by atoms with E-state index in [1.54, 1.807) is 6.08 Å². The molecule has 1 amide bonds. The molecule has 1 fully saturated rings. The number of carbonyl (C=O) groups excluding carboxylic acids is 1. The van der Waals surface area contributed by atoms with Crippen LogP contribution in [0.1, 0.15) is 23.1 Å². The molecular formula is C16H21NO3. The fraction of sp³-hybridized carbons (Fsp3) is 0.438. The molecule has 1 aromatic rings. The Morgan fingerprint density at radius 2 is 2.30 bits per heavy atom. The first-order chi connectivity index (χ1) is 9.48. The quantitative estimate of drug-likeness (QED) is 0.820. The number of nitrogens with one attached hydrogen (secondary N) is 1. The standard InChI is InChI=1S/C16H21NO3/c1-12-3-4-14(13(2)9-12)5-6-15(18)17-10-16(19)7-8-20-11-16/h3-6,9,19H,7-8,10-11H2,1-2H3,(H,17,18)/b6-5+. The van der Waals surface area contributed by atoms with Gasteiger partial charge in [0.05, 0.1) is 6.61 Å². The van der Waals surface area contributed by atoms with Gasteiger partial charge in [-0.3, -0.25) is 4.79 Å². The Bertz CT molecular complexity index is 516. The van der Waals surface area contributed by atoms with Crippen LogP contribution in [0.25, 0.3) is 6.08 Å². The lowest BCUT2D eigenvalue weighted by Gasteiger charge is -2.19. The maximum atomic E-state index is 11.7. The molecule has 1 aliphatic heterocycles. The molecule has 108 valence electrons. The van der Waals surface area contributed by atoms with Crippen molar-refractivity contribution in [3.05, 3.63) is 41.0 Å². The largest absolute Gasteiger partial charge is 0.386 e. The van der Waals surface area contributed by atoms with Gasteiger partial charge in [0, 0.05) is 25.6 Å². The van der Waals surface area contributed by atoms with E-state index in [4.69, 9.17) is 4.74 Å². The van der Waals surface area contributed by atoms with E-state index in [1.807, 2.05) is 26.0 Å². The van der Waals surface area contributed by atoms with E-state index in [2.05, 4.69) is 11.4 Å². The Hall–Kier alpha value is -1.65. The highest BCUT2D eigenvalue weighted by molar-refractivity contribution is 5.91. The monoisotopic (exact) mass is 275 g/mol. The normalized spacial score (nSPS) is 22.4. The highest BCUT2D eigenvalue weighted by atomic mass is 16.5. The first-order valence-electron chi connectivity index (χ1n) is 6.82. The highest BCUT2D eigenvalue weighted by Crippen LogP contribution is 2.17. The molecule has 1 heterocycles. The molecule has 4 nitrogen and oxygen atoms in total. The second-order valence-corrected chi connectivity index (χ2v) is 5.44. The third kappa shape index (κ3) is 3.92. The predicted octanol–water partition coefficient (Wildman–Crippen LogP) is 1.58. The van der Waals surface area contributed by atoms with Gasteiger partial charge in [-0.25, -0.2) is 0 Å². The molecule has 0 aromatic heterocycles. The lowest BCUT2D eigenvalue weighted by Crippen LogP contribution is -2.42. The van der Waals surface area contributed by atoms with E-state index in [0.717, 1.165) is 11.1 Å². The van der Waals surface area contributed by atoms with Gasteiger partial charge in [-0.1, -0.05) is 23.8 Å². The van der Waals surface area contributed by atoms with Crippen LogP contribution in [0.5, 0.6) is 0 Å². The molecule has 1 atom stereocenters. The van der Waals surface area contributed by atoms with Gasteiger partial charge in [-0.2, -0.15) is 0 Å². The Kier molecular flexibility index (Phi) is 4.57. The number of aryl methyl sites for hydroxylation is 2. The summed E-state index contributed by atoms with van der Waals surface area (Å²) < 4.78 is 5.13. The number of hydrogen-bond donors (Lipinski definition) is 2. The van der Waals surface area contributed by atoms with E-state index in [9.17, 15) is 9.90 Å². The molecular weight excluding hydrogens is 254 g/mol. The highest BCUT2D eigenvalue weighted by Gasteiger charge is 2.32. The van der Waals surface area contributed by atoms with Crippen LogP contribution in [0.4, 0.5) is 0 Å². The van der Waals surface area contributed by atoms with Gasteiger partial charge in [-0.15, -0.1) is 0 Å². The molecule has 1 unspecified atom stereocenters. The minimum atomic E-state index is -0.913. The third-order valence-corrected chi connectivity index (χ3v) is 3.51. The van der Waals surface area contributed by atoms with Crippen molar-refractivity contribution >= 4 is 12.0 Å². The molecule has 0 radical (unpaired) electrons. The van der Waals surface area contributed by atoms with Crippen LogP contribution in [0, 0.1) is 13.8 Å². The van der Waals surface area contributed by atoms with Crippen LogP contribution in [0.3, 0.4) is 0 Å². The van der Waals surface area contributed by atoms with Crippen LogP contribution in [0.15, 0.2) is 24.3 Å². The third-order valence-electron chi connectivity index (χ3n) is 3.51. The van der Waals surface area contributed by atoms with Crippen molar-refractivity contribution in [2.75, 3.05) is 19.8 Å². The van der Waals surface area contributed by atoms with Gasteiger partial charge in [-0.05, 0) is 31.1 Å². The summed E-state index contributed by atoms with van der Waals surface area (Å²) in [7, 11) is 0. The predicted molar refractivity (Wildman–Crippen MR) is 78.3 cm³/mol. The molecule has 4 heteroatoms. The van der Waals surface area contributed by atoms with Gasteiger partial charge in [0.1, 0.15) is 5.60 Å². The molecule has 0 saturated carbocycles. The van der Waals surface area contributed by atoms with Gasteiger partial charge < -0.3 is 15.2 Å². The Balaban J connectivity index is 1.89. The molecule has 2 N–H and O–H groups in total.